The summed E-state index contributed by atoms with van der Waals surface area (Å²) < 4.78 is 5.43. The number of fused-ring (bicyclic) bond motifs is 6. The molecule has 0 spiro atoms. The van der Waals surface area contributed by atoms with Gasteiger partial charge >= 0.3 is 0 Å². The van der Waals surface area contributed by atoms with Gasteiger partial charge in [-0.05, 0) is 55.2 Å². The molecule has 0 saturated heterocycles. The van der Waals surface area contributed by atoms with Crippen LogP contribution in [-0.2, 0) is 19.4 Å². The molecule has 23 heavy (non-hydrogen) atoms. The molecular formula is C19H20N2OS. The quantitative estimate of drug-likeness (QED) is 0.726. The zero-order valence-corrected chi connectivity index (χ0v) is 14.3. The zero-order chi connectivity index (χ0) is 15.6. The van der Waals surface area contributed by atoms with Crippen molar-refractivity contribution in [1.82, 2.24) is 9.88 Å². The molecule has 2 aliphatic heterocycles. The first kappa shape index (κ1) is 13.6. The predicted octanol–water partition coefficient (Wildman–Crippen LogP) is 4.20. The molecule has 0 radical (unpaired) electrons. The van der Waals surface area contributed by atoms with Crippen LogP contribution in [0, 0.1) is 6.92 Å². The Balaban J connectivity index is 1.64. The van der Waals surface area contributed by atoms with E-state index in [1.165, 1.54) is 40.0 Å². The van der Waals surface area contributed by atoms with Gasteiger partial charge in [0.2, 0.25) is 0 Å². The zero-order valence-electron chi connectivity index (χ0n) is 13.5. The highest BCUT2D eigenvalue weighted by atomic mass is 32.1. The molecule has 5 rings (SSSR count). The Hall–Kier alpha value is -1.78. The Kier molecular flexibility index (Phi) is 2.88. The molecule has 0 aliphatic carbocycles. The van der Waals surface area contributed by atoms with Crippen LogP contribution in [0.2, 0.25) is 0 Å². The molecule has 1 N–H and O–H groups in total. The van der Waals surface area contributed by atoms with Crippen molar-refractivity contribution in [3.05, 3.63) is 50.8 Å². The molecule has 2 aromatic heterocycles. The van der Waals surface area contributed by atoms with Crippen LogP contribution in [0.15, 0.2) is 24.3 Å². The van der Waals surface area contributed by atoms with Gasteiger partial charge in [-0.3, -0.25) is 4.90 Å². The Morgan fingerprint density at radius 2 is 2.22 bits per heavy atom. The van der Waals surface area contributed by atoms with E-state index in [1.54, 1.807) is 17.6 Å². The van der Waals surface area contributed by atoms with E-state index in [4.69, 9.17) is 4.74 Å². The Bertz CT molecular complexity index is 908. The number of aromatic nitrogens is 1. The molecule has 0 fully saturated rings. The maximum absolute atomic E-state index is 5.43. The second-order valence-electron chi connectivity index (χ2n) is 6.67. The lowest BCUT2D eigenvalue weighted by Crippen LogP contribution is -2.38. The Labute approximate surface area is 139 Å². The predicted molar refractivity (Wildman–Crippen MR) is 94.5 cm³/mol. The third-order valence-corrected chi connectivity index (χ3v) is 6.48. The molecule has 3 nitrogen and oxygen atoms in total. The molecule has 0 unspecified atom stereocenters. The summed E-state index contributed by atoms with van der Waals surface area (Å²) in [6.45, 7) is 4.44. The van der Waals surface area contributed by atoms with E-state index in [0.717, 1.165) is 18.7 Å². The number of nitrogens with zero attached hydrogens (tertiary/aromatic N) is 1. The molecule has 4 heterocycles. The third kappa shape index (κ3) is 1.98. The molecular weight excluding hydrogens is 304 g/mol. The van der Waals surface area contributed by atoms with E-state index in [2.05, 4.69) is 35.0 Å². The first-order chi connectivity index (χ1) is 11.2. The van der Waals surface area contributed by atoms with E-state index in [0.29, 0.717) is 6.04 Å². The van der Waals surface area contributed by atoms with Crippen LogP contribution >= 0.6 is 11.3 Å². The van der Waals surface area contributed by atoms with Crippen molar-refractivity contribution in [2.45, 2.75) is 32.4 Å². The number of hydrogen-bond acceptors (Lipinski definition) is 3. The summed E-state index contributed by atoms with van der Waals surface area (Å²) in [7, 11) is 1.74. The van der Waals surface area contributed by atoms with E-state index >= 15 is 0 Å². The lowest BCUT2D eigenvalue weighted by Gasteiger charge is -2.39. The van der Waals surface area contributed by atoms with Gasteiger partial charge in [0, 0.05) is 45.5 Å². The van der Waals surface area contributed by atoms with Gasteiger partial charge in [-0.1, -0.05) is 0 Å². The average Bonchev–Trinajstić information content (AvgIpc) is 3.11. The highest BCUT2D eigenvalue weighted by molar-refractivity contribution is 7.12. The number of rotatable bonds is 1. The van der Waals surface area contributed by atoms with Crippen LogP contribution in [0.5, 0.6) is 5.75 Å². The van der Waals surface area contributed by atoms with Crippen LogP contribution in [0.1, 0.15) is 32.6 Å². The summed E-state index contributed by atoms with van der Waals surface area (Å²) in [5, 5.41) is 1.33. The molecule has 0 saturated carbocycles. The molecule has 3 aromatic rings. The van der Waals surface area contributed by atoms with Crippen LogP contribution in [0.25, 0.3) is 10.9 Å². The third-order valence-electron chi connectivity index (χ3n) is 5.35. The van der Waals surface area contributed by atoms with Crippen molar-refractivity contribution in [3.63, 3.8) is 0 Å². The number of nitrogens with one attached hydrogen (secondary N) is 1. The number of hydrogen-bond donors (Lipinski definition) is 1. The van der Waals surface area contributed by atoms with Gasteiger partial charge in [0.25, 0.3) is 0 Å². The maximum Gasteiger partial charge on any atom is 0.119 e. The van der Waals surface area contributed by atoms with Crippen molar-refractivity contribution in [1.29, 1.82) is 0 Å². The summed E-state index contributed by atoms with van der Waals surface area (Å²) in [5.41, 5.74) is 5.68. The normalized spacial score (nSPS) is 20.2. The van der Waals surface area contributed by atoms with Crippen molar-refractivity contribution in [2.24, 2.45) is 0 Å². The number of methoxy groups -OCH3 is 1. The number of benzene rings is 1. The SMILES string of the molecule is COc1ccc2[nH]c3c(c2c1)C[C@H]1c2cc(C)sc2CCN1C3. The lowest BCUT2D eigenvalue weighted by atomic mass is 9.89. The maximum atomic E-state index is 5.43. The minimum atomic E-state index is 0.543. The fourth-order valence-electron chi connectivity index (χ4n) is 4.26. The molecule has 4 heteroatoms. The van der Waals surface area contributed by atoms with Gasteiger partial charge in [0.15, 0.2) is 0 Å². The van der Waals surface area contributed by atoms with Gasteiger partial charge in [-0.2, -0.15) is 0 Å². The van der Waals surface area contributed by atoms with Crippen LogP contribution in [-0.4, -0.2) is 23.5 Å². The largest absolute Gasteiger partial charge is 0.497 e. The van der Waals surface area contributed by atoms with Crippen LogP contribution in [0.4, 0.5) is 0 Å². The van der Waals surface area contributed by atoms with E-state index in [9.17, 15) is 0 Å². The Morgan fingerprint density at radius 1 is 1.30 bits per heavy atom. The number of thiophene rings is 1. The first-order valence-corrected chi connectivity index (χ1v) is 9.05. The monoisotopic (exact) mass is 324 g/mol. The lowest BCUT2D eigenvalue weighted by molar-refractivity contribution is 0.161. The molecule has 2 aliphatic rings. The minimum Gasteiger partial charge on any atom is -0.497 e. The molecule has 1 atom stereocenters. The molecule has 118 valence electrons. The van der Waals surface area contributed by atoms with Gasteiger partial charge in [-0.25, -0.2) is 0 Å². The molecule has 1 aromatic carbocycles. The van der Waals surface area contributed by atoms with Crippen LogP contribution < -0.4 is 4.74 Å². The first-order valence-electron chi connectivity index (χ1n) is 8.23. The van der Waals surface area contributed by atoms with E-state index < -0.39 is 0 Å². The van der Waals surface area contributed by atoms with Crippen LogP contribution in [0.3, 0.4) is 0 Å². The molecule has 0 amide bonds. The highest BCUT2D eigenvalue weighted by Crippen LogP contribution is 2.43. The molecule has 0 bridgehead atoms. The fourth-order valence-corrected chi connectivity index (χ4v) is 5.34. The van der Waals surface area contributed by atoms with Gasteiger partial charge < -0.3 is 9.72 Å². The topological polar surface area (TPSA) is 28.3 Å². The fraction of sp³-hybridized carbons (Fsp3) is 0.368. The number of aromatic amines is 1. The Morgan fingerprint density at radius 3 is 3.09 bits per heavy atom. The second-order valence-corrected chi connectivity index (χ2v) is 8.01. The van der Waals surface area contributed by atoms with E-state index in [1.807, 2.05) is 17.4 Å². The second kappa shape index (κ2) is 4.86. The summed E-state index contributed by atoms with van der Waals surface area (Å²) in [6, 6.07) is 9.32. The highest BCUT2D eigenvalue weighted by Gasteiger charge is 2.34. The summed E-state index contributed by atoms with van der Waals surface area (Å²) in [4.78, 5) is 9.33. The smallest absolute Gasteiger partial charge is 0.119 e. The van der Waals surface area contributed by atoms with Gasteiger partial charge in [0.05, 0.1) is 7.11 Å². The van der Waals surface area contributed by atoms with Crippen molar-refractivity contribution in [3.8, 4) is 5.75 Å². The summed E-state index contributed by atoms with van der Waals surface area (Å²) >= 11 is 1.98. The van der Waals surface area contributed by atoms with Gasteiger partial charge in [0.1, 0.15) is 5.75 Å². The van der Waals surface area contributed by atoms with Gasteiger partial charge in [-0.15, -0.1) is 11.3 Å². The number of aryl methyl sites for hydroxylation is 1. The standard InChI is InChI=1S/C19H20N2OS/c1-11-7-15-18-9-14-13-8-12(22-2)3-4-16(13)20-17(14)10-21(18)6-5-19(15)23-11/h3-4,7-8,18,20H,5-6,9-10H2,1-2H3/t18-/m0/s1. The summed E-state index contributed by atoms with van der Waals surface area (Å²) in [5.74, 6) is 0.942. The number of ether oxygens (including phenoxy) is 1. The average molecular weight is 324 g/mol. The minimum absolute atomic E-state index is 0.543. The van der Waals surface area contributed by atoms with Crippen molar-refractivity contribution >= 4 is 22.2 Å². The summed E-state index contributed by atoms with van der Waals surface area (Å²) in [6.07, 6.45) is 2.30. The number of H-pyrrole nitrogens is 1. The van der Waals surface area contributed by atoms with Crippen molar-refractivity contribution in [2.75, 3.05) is 13.7 Å². The van der Waals surface area contributed by atoms with Crippen molar-refractivity contribution < 1.29 is 4.74 Å². The van der Waals surface area contributed by atoms with E-state index in [-0.39, 0.29) is 0 Å².